The molecule has 0 aliphatic rings. The van der Waals surface area contributed by atoms with Crippen molar-refractivity contribution in [2.45, 2.75) is 40.5 Å². The Labute approximate surface area is 199 Å². The summed E-state index contributed by atoms with van der Waals surface area (Å²) in [6, 6.07) is 16.8. The van der Waals surface area contributed by atoms with E-state index in [0.29, 0.717) is 30.2 Å². The van der Waals surface area contributed by atoms with Crippen LogP contribution in [0.15, 0.2) is 59.0 Å². The number of aromatic nitrogens is 1. The number of carboxylic acid groups (broad SMARTS) is 1. The van der Waals surface area contributed by atoms with Gasteiger partial charge in [-0.1, -0.05) is 51.1 Å². The molecule has 0 spiro atoms. The number of ether oxygens (including phenoxy) is 2. The SMILES string of the molecule is Cc1oc(-c2ccccc2)nc1CCOc1ccc(CC(C(=O)O)C(=O)OCC(C)(C)C)cc1. The van der Waals surface area contributed by atoms with E-state index >= 15 is 0 Å². The van der Waals surface area contributed by atoms with Crippen molar-refractivity contribution in [2.24, 2.45) is 11.3 Å². The van der Waals surface area contributed by atoms with Crippen molar-refractivity contribution in [3.8, 4) is 17.2 Å². The van der Waals surface area contributed by atoms with Crippen LogP contribution in [0.1, 0.15) is 37.8 Å². The van der Waals surface area contributed by atoms with Crippen LogP contribution in [0.3, 0.4) is 0 Å². The van der Waals surface area contributed by atoms with Crippen LogP contribution in [-0.4, -0.2) is 35.2 Å². The molecule has 34 heavy (non-hydrogen) atoms. The van der Waals surface area contributed by atoms with Gasteiger partial charge in [0.25, 0.3) is 0 Å². The Bertz CT molecular complexity index is 1100. The van der Waals surface area contributed by atoms with Crippen molar-refractivity contribution in [3.05, 3.63) is 71.6 Å². The average Bonchev–Trinajstić information content (AvgIpc) is 3.17. The minimum Gasteiger partial charge on any atom is -0.493 e. The number of aliphatic carboxylic acids is 1. The molecule has 2 aromatic carbocycles. The molecule has 0 radical (unpaired) electrons. The maximum Gasteiger partial charge on any atom is 0.320 e. The molecule has 0 amide bonds. The van der Waals surface area contributed by atoms with Crippen LogP contribution in [0.4, 0.5) is 0 Å². The van der Waals surface area contributed by atoms with Crippen molar-refractivity contribution in [3.63, 3.8) is 0 Å². The molecule has 1 N–H and O–H groups in total. The fourth-order valence-corrected chi connectivity index (χ4v) is 3.25. The van der Waals surface area contributed by atoms with Crippen LogP contribution >= 0.6 is 0 Å². The van der Waals surface area contributed by atoms with Crippen molar-refractivity contribution in [1.82, 2.24) is 4.98 Å². The normalized spacial score (nSPS) is 12.2. The molecule has 3 rings (SSSR count). The zero-order valence-corrected chi connectivity index (χ0v) is 20.0. The first-order chi connectivity index (χ1) is 16.1. The lowest BCUT2D eigenvalue weighted by Gasteiger charge is -2.20. The quantitative estimate of drug-likeness (QED) is 0.328. The summed E-state index contributed by atoms with van der Waals surface area (Å²) in [6.07, 6.45) is 0.642. The Hall–Kier alpha value is -3.61. The van der Waals surface area contributed by atoms with Gasteiger partial charge in [-0.2, -0.15) is 0 Å². The summed E-state index contributed by atoms with van der Waals surface area (Å²) in [6.45, 7) is 8.22. The van der Waals surface area contributed by atoms with E-state index in [9.17, 15) is 14.7 Å². The second kappa shape index (κ2) is 11.0. The highest BCUT2D eigenvalue weighted by atomic mass is 16.5. The molecular weight excluding hydrogens is 434 g/mol. The molecule has 1 atom stereocenters. The van der Waals surface area contributed by atoms with E-state index in [2.05, 4.69) is 4.98 Å². The molecule has 180 valence electrons. The summed E-state index contributed by atoms with van der Waals surface area (Å²) in [5, 5.41) is 9.47. The van der Waals surface area contributed by atoms with Crippen LogP contribution in [0.25, 0.3) is 11.5 Å². The molecule has 0 fully saturated rings. The second-order valence-corrected chi connectivity index (χ2v) is 9.39. The predicted octanol–water partition coefficient (Wildman–Crippen LogP) is 5.10. The molecule has 7 nitrogen and oxygen atoms in total. The molecule has 7 heteroatoms. The highest BCUT2D eigenvalue weighted by molar-refractivity contribution is 5.94. The van der Waals surface area contributed by atoms with Gasteiger partial charge >= 0.3 is 11.9 Å². The Kier molecular flexibility index (Phi) is 8.10. The van der Waals surface area contributed by atoms with E-state index in [1.807, 2.05) is 58.0 Å². The molecule has 1 heterocycles. The van der Waals surface area contributed by atoms with Crippen molar-refractivity contribution >= 4 is 11.9 Å². The topological polar surface area (TPSA) is 98.9 Å². The first-order valence-corrected chi connectivity index (χ1v) is 11.3. The summed E-state index contributed by atoms with van der Waals surface area (Å²) in [5.41, 5.74) is 2.25. The maximum absolute atomic E-state index is 12.3. The Morgan fingerprint density at radius 3 is 2.35 bits per heavy atom. The number of benzene rings is 2. The van der Waals surface area contributed by atoms with Crippen molar-refractivity contribution in [2.75, 3.05) is 13.2 Å². The fraction of sp³-hybridized carbons (Fsp3) is 0.370. The fourth-order valence-electron chi connectivity index (χ4n) is 3.25. The number of oxazole rings is 1. The van der Waals surface area contributed by atoms with Gasteiger partial charge < -0.3 is 19.0 Å². The highest BCUT2D eigenvalue weighted by Gasteiger charge is 2.29. The predicted molar refractivity (Wildman–Crippen MR) is 128 cm³/mol. The Morgan fingerprint density at radius 2 is 1.74 bits per heavy atom. The molecular formula is C27H31NO6. The molecule has 0 aliphatic carbocycles. The molecule has 0 saturated heterocycles. The van der Waals surface area contributed by atoms with E-state index in [-0.39, 0.29) is 18.4 Å². The largest absolute Gasteiger partial charge is 0.493 e. The molecule has 0 saturated carbocycles. The molecule has 0 bridgehead atoms. The van der Waals surface area contributed by atoms with Crippen molar-refractivity contribution < 1.29 is 28.6 Å². The smallest absolute Gasteiger partial charge is 0.320 e. The van der Waals surface area contributed by atoms with Gasteiger partial charge in [0.2, 0.25) is 5.89 Å². The molecule has 1 aromatic heterocycles. The van der Waals surface area contributed by atoms with Gasteiger partial charge in [0, 0.05) is 12.0 Å². The van der Waals surface area contributed by atoms with E-state index in [4.69, 9.17) is 13.9 Å². The van der Waals surface area contributed by atoms with E-state index in [0.717, 1.165) is 17.0 Å². The van der Waals surface area contributed by atoms with E-state index < -0.39 is 17.9 Å². The third kappa shape index (κ3) is 7.20. The minimum atomic E-state index is -1.25. The monoisotopic (exact) mass is 465 g/mol. The second-order valence-electron chi connectivity index (χ2n) is 9.39. The number of carboxylic acids is 1. The van der Waals surface area contributed by atoms with E-state index in [1.165, 1.54) is 0 Å². The average molecular weight is 466 g/mol. The van der Waals surface area contributed by atoms with Gasteiger partial charge in [-0.05, 0) is 48.6 Å². The van der Waals surface area contributed by atoms with E-state index in [1.54, 1.807) is 24.3 Å². The lowest BCUT2D eigenvalue weighted by molar-refractivity contribution is -0.160. The van der Waals surface area contributed by atoms with Gasteiger partial charge in [-0.15, -0.1) is 0 Å². The zero-order chi connectivity index (χ0) is 24.7. The van der Waals surface area contributed by atoms with Gasteiger partial charge in [0.05, 0.1) is 18.9 Å². The summed E-state index contributed by atoms with van der Waals surface area (Å²) < 4.78 is 16.8. The molecule has 3 aromatic rings. The Morgan fingerprint density at radius 1 is 1.06 bits per heavy atom. The standard InChI is InChI=1S/C27H31NO6/c1-18-23(28-24(34-18)20-8-6-5-7-9-20)14-15-32-21-12-10-19(11-13-21)16-22(25(29)30)26(31)33-17-27(2,3)4/h5-13,22H,14-17H2,1-4H3,(H,29,30). The summed E-state index contributed by atoms with van der Waals surface area (Å²) in [7, 11) is 0. The molecule has 0 aliphatic heterocycles. The number of esters is 1. The number of hydrogen-bond acceptors (Lipinski definition) is 6. The lowest BCUT2D eigenvalue weighted by atomic mass is 9.97. The van der Waals surface area contributed by atoms with Gasteiger partial charge in [0.15, 0.2) is 5.92 Å². The summed E-state index contributed by atoms with van der Waals surface area (Å²) in [4.78, 5) is 28.4. The number of carbonyl (C=O) groups excluding carboxylic acids is 1. The number of rotatable bonds is 10. The first kappa shape index (κ1) is 25.0. The minimum absolute atomic E-state index is 0.0546. The highest BCUT2D eigenvalue weighted by Crippen LogP contribution is 2.22. The summed E-state index contributed by atoms with van der Waals surface area (Å²) in [5.74, 6) is -1.17. The number of carbonyl (C=O) groups is 2. The number of nitrogens with zero attached hydrogens (tertiary/aromatic N) is 1. The van der Waals surface area contributed by atoms with Crippen molar-refractivity contribution in [1.29, 1.82) is 0 Å². The van der Waals surface area contributed by atoms with Crippen LogP contribution < -0.4 is 4.74 Å². The number of hydrogen-bond donors (Lipinski definition) is 1. The lowest BCUT2D eigenvalue weighted by Crippen LogP contribution is -2.30. The maximum atomic E-state index is 12.3. The van der Waals surface area contributed by atoms with Gasteiger partial charge in [0.1, 0.15) is 11.5 Å². The van der Waals surface area contributed by atoms with Crippen LogP contribution in [-0.2, 0) is 27.2 Å². The first-order valence-electron chi connectivity index (χ1n) is 11.3. The van der Waals surface area contributed by atoms with Crippen LogP contribution in [0.5, 0.6) is 5.75 Å². The van der Waals surface area contributed by atoms with Crippen LogP contribution in [0.2, 0.25) is 0 Å². The van der Waals surface area contributed by atoms with Gasteiger partial charge in [-0.25, -0.2) is 4.98 Å². The molecule has 1 unspecified atom stereocenters. The third-order valence-electron chi connectivity index (χ3n) is 5.11. The number of aryl methyl sites for hydroxylation is 1. The van der Waals surface area contributed by atoms with Gasteiger partial charge in [-0.3, -0.25) is 9.59 Å². The van der Waals surface area contributed by atoms with Crippen LogP contribution in [0, 0.1) is 18.3 Å². The Balaban J connectivity index is 1.53. The summed E-state index contributed by atoms with van der Waals surface area (Å²) >= 11 is 0. The zero-order valence-electron chi connectivity index (χ0n) is 20.0. The third-order valence-corrected chi connectivity index (χ3v) is 5.11.